The lowest BCUT2D eigenvalue weighted by molar-refractivity contribution is -0.121. The SMILES string of the molecule is CC(C)NC(=O)Cc1ccc(NC(=O)/C=C/c2ccc(Cl)cc2)cc1. The summed E-state index contributed by atoms with van der Waals surface area (Å²) in [6.45, 7) is 3.85. The average Bonchev–Trinajstić information content (AvgIpc) is 2.55. The van der Waals surface area contributed by atoms with Gasteiger partial charge < -0.3 is 10.6 Å². The summed E-state index contributed by atoms with van der Waals surface area (Å²) in [6.07, 6.45) is 3.51. The van der Waals surface area contributed by atoms with Gasteiger partial charge in [-0.25, -0.2) is 0 Å². The van der Waals surface area contributed by atoms with Gasteiger partial charge >= 0.3 is 0 Å². The van der Waals surface area contributed by atoms with E-state index in [1.807, 2.05) is 38.1 Å². The molecule has 0 atom stereocenters. The molecule has 0 aliphatic heterocycles. The predicted octanol–water partition coefficient (Wildman–Crippen LogP) is 4.06. The van der Waals surface area contributed by atoms with Crippen LogP contribution in [0.2, 0.25) is 5.02 Å². The molecule has 2 aromatic rings. The minimum absolute atomic E-state index is 0.0160. The summed E-state index contributed by atoms with van der Waals surface area (Å²) < 4.78 is 0. The Labute approximate surface area is 152 Å². The summed E-state index contributed by atoms with van der Waals surface area (Å²) in [5, 5.41) is 6.29. The van der Waals surface area contributed by atoms with Crippen LogP contribution >= 0.6 is 11.6 Å². The molecule has 2 aromatic carbocycles. The van der Waals surface area contributed by atoms with Gasteiger partial charge in [-0.3, -0.25) is 9.59 Å². The largest absolute Gasteiger partial charge is 0.354 e. The molecule has 0 spiro atoms. The number of anilines is 1. The van der Waals surface area contributed by atoms with E-state index in [1.54, 1.807) is 30.3 Å². The molecule has 0 fully saturated rings. The van der Waals surface area contributed by atoms with Crippen LogP contribution in [0.1, 0.15) is 25.0 Å². The van der Waals surface area contributed by atoms with Crippen molar-refractivity contribution in [3.8, 4) is 0 Å². The summed E-state index contributed by atoms with van der Waals surface area (Å²) in [6, 6.07) is 14.6. The predicted molar refractivity (Wildman–Crippen MR) is 103 cm³/mol. The Morgan fingerprint density at radius 2 is 1.68 bits per heavy atom. The molecular formula is C20H21ClN2O2. The van der Waals surface area contributed by atoms with E-state index in [9.17, 15) is 9.59 Å². The van der Waals surface area contributed by atoms with Crippen LogP contribution < -0.4 is 10.6 Å². The Bertz CT molecular complexity index is 750. The molecule has 0 aliphatic carbocycles. The quantitative estimate of drug-likeness (QED) is 0.767. The van der Waals surface area contributed by atoms with E-state index in [0.717, 1.165) is 11.1 Å². The molecule has 4 nitrogen and oxygen atoms in total. The van der Waals surface area contributed by atoms with Crippen LogP contribution in [-0.2, 0) is 16.0 Å². The summed E-state index contributed by atoms with van der Waals surface area (Å²) >= 11 is 5.82. The highest BCUT2D eigenvalue weighted by atomic mass is 35.5. The van der Waals surface area contributed by atoms with Crippen LogP contribution in [0.4, 0.5) is 5.69 Å². The third-order valence-electron chi connectivity index (χ3n) is 3.33. The Balaban J connectivity index is 1.88. The van der Waals surface area contributed by atoms with Crippen LogP contribution in [0.3, 0.4) is 0 Å². The smallest absolute Gasteiger partial charge is 0.248 e. The maximum Gasteiger partial charge on any atom is 0.248 e. The highest BCUT2D eigenvalue weighted by Gasteiger charge is 2.05. The average molecular weight is 357 g/mol. The van der Waals surface area contributed by atoms with E-state index in [-0.39, 0.29) is 17.9 Å². The fraction of sp³-hybridized carbons (Fsp3) is 0.200. The zero-order valence-electron chi connectivity index (χ0n) is 14.3. The van der Waals surface area contributed by atoms with Crippen LogP contribution in [0.15, 0.2) is 54.6 Å². The van der Waals surface area contributed by atoms with Gasteiger partial charge in [0.15, 0.2) is 0 Å². The van der Waals surface area contributed by atoms with Crippen molar-refractivity contribution in [2.45, 2.75) is 26.3 Å². The Kier molecular flexibility index (Phi) is 6.78. The molecule has 2 N–H and O–H groups in total. The minimum atomic E-state index is -0.222. The van der Waals surface area contributed by atoms with Crippen molar-refractivity contribution in [3.63, 3.8) is 0 Å². The summed E-state index contributed by atoms with van der Waals surface area (Å²) in [7, 11) is 0. The first-order chi connectivity index (χ1) is 11.9. The van der Waals surface area contributed by atoms with Gasteiger partial charge in [0.05, 0.1) is 6.42 Å². The normalized spacial score (nSPS) is 10.9. The van der Waals surface area contributed by atoms with E-state index >= 15 is 0 Å². The monoisotopic (exact) mass is 356 g/mol. The Morgan fingerprint density at radius 1 is 1.04 bits per heavy atom. The molecular weight excluding hydrogens is 336 g/mol. The van der Waals surface area contributed by atoms with Crippen molar-refractivity contribution in [2.24, 2.45) is 0 Å². The number of hydrogen-bond donors (Lipinski definition) is 2. The second kappa shape index (κ2) is 9.04. The number of carbonyl (C=O) groups is 2. The molecule has 0 heterocycles. The number of halogens is 1. The van der Waals surface area contributed by atoms with Crippen molar-refractivity contribution in [1.82, 2.24) is 5.32 Å². The lowest BCUT2D eigenvalue weighted by atomic mass is 10.1. The molecule has 0 saturated carbocycles. The second-order valence-electron chi connectivity index (χ2n) is 5.97. The highest BCUT2D eigenvalue weighted by molar-refractivity contribution is 6.30. The van der Waals surface area contributed by atoms with Gasteiger partial charge in [0.1, 0.15) is 0 Å². The molecule has 0 bridgehead atoms. The number of nitrogens with one attached hydrogen (secondary N) is 2. The fourth-order valence-electron chi connectivity index (χ4n) is 2.19. The number of benzene rings is 2. The van der Waals surface area contributed by atoms with Crippen molar-refractivity contribution in [1.29, 1.82) is 0 Å². The highest BCUT2D eigenvalue weighted by Crippen LogP contribution is 2.12. The van der Waals surface area contributed by atoms with Gasteiger partial charge in [0.25, 0.3) is 0 Å². The molecule has 0 aromatic heterocycles. The summed E-state index contributed by atoms with van der Waals surface area (Å²) in [4.78, 5) is 23.7. The third kappa shape index (κ3) is 6.81. The van der Waals surface area contributed by atoms with Gasteiger partial charge in [0, 0.05) is 22.8 Å². The maximum absolute atomic E-state index is 11.9. The first kappa shape index (κ1) is 18.7. The van der Waals surface area contributed by atoms with E-state index in [0.29, 0.717) is 17.1 Å². The molecule has 5 heteroatoms. The Morgan fingerprint density at radius 3 is 2.28 bits per heavy atom. The number of rotatable bonds is 6. The number of hydrogen-bond acceptors (Lipinski definition) is 2. The van der Waals surface area contributed by atoms with Gasteiger partial charge in [0.2, 0.25) is 11.8 Å². The molecule has 0 radical (unpaired) electrons. The second-order valence-corrected chi connectivity index (χ2v) is 6.41. The first-order valence-electron chi connectivity index (χ1n) is 8.05. The minimum Gasteiger partial charge on any atom is -0.354 e. The van der Waals surface area contributed by atoms with Crippen LogP contribution in [0, 0.1) is 0 Å². The standard InChI is InChI=1S/C20H21ClN2O2/c1-14(2)22-20(25)13-16-5-10-18(11-6-16)23-19(24)12-7-15-3-8-17(21)9-4-15/h3-12,14H,13H2,1-2H3,(H,22,25)(H,23,24)/b12-7+. The topological polar surface area (TPSA) is 58.2 Å². The van der Waals surface area contributed by atoms with Gasteiger partial charge in [-0.2, -0.15) is 0 Å². The van der Waals surface area contributed by atoms with Crippen molar-refractivity contribution in [2.75, 3.05) is 5.32 Å². The molecule has 0 aliphatic rings. The van der Waals surface area contributed by atoms with Gasteiger partial charge in [-0.05, 0) is 55.3 Å². The van der Waals surface area contributed by atoms with Crippen molar-refractivity contribution < 1.29 is 9.59 Å². The lowest BCUT2D eigenvalue weighted by Crippen LogP contribution is -2.31. The third-order valence-corrected chi connectivity index (χ3v) is 3.58. The zero-order valence-corrected chi connectivity index (χ0v) is 15.0. The van der Waals surface area contributed by atoms with Crippen LogP contribution in [0.5, 0.6) is 0 Å². The number of carbonyl (C=O) groups excluding carboxylic acids is 2. The fourth-order valence-corrected chi connectivity index (χ4v) is 2.32. The number of amides is 2. The first-order valence-corrected chi connectivity index (χ1v) is 8.43. The summed E-state index contributed by atoms with van der Waals surface area (Å²) in [5.41, 5.74) is 2.47. The maximum atomic E-state index is 11.9. The van der Waals surface area contributed by atoms with Crippen molar-refractivity contribution in [3.05, 3.63) is 70.8 Å². The zero-order chi connectivity index (χ0) is 18.2. The Hall–Kier alpha value is -2.59. The van der Waals surface area contributed by atoms with E-state index < -0.39 is 0 Å². The van der Waals surface area contributed by atoms with Gasteiger partial charge in [-0.15, -0.1) is 0 Å². The van der Waals surface area contributed by atoms with Crippen molar-refractivity contribution >= 4 is 35.2 Å². The molecule has 25 heavy (non-hydrogen) atoms. The van der Waals surface area contributed by atoms with Crippen LogP contribution in [-0.4, -0.2) is 17.9 Å². The molecule has 0 unspecified atom stereocenters. The molecule has 0 saturated heterocycles. The molecule has 130 valence electrons. The van der Waals surface area contributed by atoms with E-state index in [1.165, 1.54) is 6.08 Å². The van der Waals surface area contributed by atoms with E-state index in [4.69, 9.17) is 11.6 Å². The molecule has 2 amide bonds. The lowest BCUT2D eigenvalue weighted by Gasteiger charge is -2.08. The molecule has 2 rings (SSSR count). The van der Waals surface area contributed by atoms with E-state index in [2.05, 4.69) is 10.6 Å². The van der Waals surface area contributed by atoms with Gasteiger partial charge in [-0.1, -0.05) is 35.9 Å². The van der Waals surface area contributed by atoms with Crippen LogP contribution in [0.25, 0.3) is 6.08 Å². The summed E-state index contributed by atoms with van der Waals surface area (Å²) in [5.74, 6) is -0.238.